The molecule has 1 atom stereocenters. The molecule has 0 saturated heterocycles. The van der Waals surface area contributed by atoms with Crippen LogP contribution in [-0.2, 0) is 27.9 Å². The van der Waals surface area contributed by atoms with Crippen molar-refractivity contribution in [1.29, 1.82) is 0 Å². The van der Waals surface area contributed by atoms with E-state index >= 15 is 0 Å². The molecule has 41 heavy (non-hydrogen) atoms. The van der Waals surface area contributed by atoms with Crippen molar-refractivity contribution in [3.63, 3.8) is 0 Å². The van der Waals surface area contributed by atoms with Gasteiger partial charge < -0.3 is 14.3 Å². The van der Waals surface area contributed by atoms with E-state index < -0.39 is 102 Å². The number of alkyl halides is 6. The molecule has 0 saturated carbocycles. The molecule has 0 fully saturated rings. The summed E-state index contributed by atoms with van der Waals surface area (Å²) < 4.78 is 96.3. The van der Waals surface area contributed by atoms with Crippen LogP contribution in [0.5, 0.6) is 0 Å². The minimum Gasteiger partial charge on any atom is -0.465 e. The number of halogens is 6. The average molecular weight is 586 g/mol. The van der Waals surface area contributed by atoms with Crippen molar-refractivity contribution in [2.45, 2.75) is 56.7 Å². The molecular weight excluding hydrogens is 566 g/mol. The zero-order chi connectivity index (χ0) is 30.0. The van der Waals surface area contributed by atoms with Crippen LogP contribution >= 0.6 is 0 Å². The van der Waals surface area contributed by atoms with Gasteiger partial charge in [-0.2, -0.15) is 26.3 Å². The normalized spacial score (nSPS) is 18.6. The van der Waals surface area contributed by atoms with Gasteiger partial charge >= 0.3 is 18.4 Å². The fourth-order valence-corrected chi connectivity index (χ4v) is 4.17. The fourth-order valence-electron chi connectivity index (χ4n) is 4.17. The molecule has 1 aliphatic heterocycles. The predicted octanol–water partition coefficient (Wildman–Crippen LogP) is 5.93. The standard InChI is InChI=1S/C25H20F6N4O6/c26-24(27,28)15-11-16(32-22(38)39)19-20-34-35-21(41-20)23(25(29,30)31,40-12-13-5-2-1-3-6-13)10-9-14(36)7-4-8-17(37)18(15)33-19/h1-3,5-6,11,32H,4,7-10,12H2,(H,38,39)/t23-/m1/s1. The summed E-state index contributed by atoms with van der Waals surface area (Å²) in [6.45, 7) is -0.602. The van der Waals surface area contributed by atoms with Gasteiger partial charge in [-0.1, -0.05) is 30.3 Å². The van der Waals surface area contributed by atoms with Crippen LogP contribution in [0.1, 0.15) is 59.6 Å². The molecule has 1 amide bonds. The maximum Gasteiger partial charge on any atom is 0.426 e. The number of hydrogen-bond donors (Lipinski definition) is 2. The van der Waals surface area contributed by atoms with Gasteiger partial charge in [0.05, 0.1) is 17.9 Å². The lowest BCUT2D eigenvalue weighted by molar-refractivity contribution is -0.299. The van der Waals surface area contributed by atoms with Crippen molar-refractivity contribution in [3.8, 4) is 11.6 Å². The van der Waals surface area contributed by atoms with E-state index in [4.69, 9.17) is 14.3 Å². The van der Waals surface area contributed by atoms with Crippen LogP contribution in [0.4, 0.5) is 36.8 Å². The Morgan fingerprint density at radius 2 is 1.73 bits per heavy atom. The highest BCUT2D eigenvalue weighted by Crippen LogP contribution is 2.47. The summed E-state index contributed by atoms with van der Waals surface area (Å²) in [7, 11) is 0. The van der Waals surface area contributed by atoms with E-state index in [-0.39, 0.29) is 12.5 Å². The zero-order valence-electron chi connectivity index (χ0n) is 20.8. The van der Waals surface area contributed by atoms with E-state index in [1.54, 1.807) is 23.5 Å². The number of nitrogens with one attached hydrogen (secondary N) is 1. The van der Waals surface area contributed by atoms with Crippen molar-refractivity contribution in [2.24, 2.45) is 0 Å². The van der Waals surface area contributed by atoms with Crippen molar-refractivity contribution in [2.75, 3.05) is 5.32 Å². The number of amides is 1. The summed E-state index contributed by atoms with van der Waals surface area (Å²) in [6, 6.07) is 8.00. The van der Waals surface area contributed by atoms with Crippen molar-refractivity contribution in [3.05, 3.63) is 59.1 Å². The van der Waals surface area contributed by atoms with Gasteiger partial charge in [-0.15, -0.1) is 10.2 Å². The molecule has 1 aromatic carbocycles. The van der Waals surface area contributed by atoms with E-state index in [9.17, 15) is 40.7 Å². The number of rotatable bonds is 4. The Balaban J connectivity index is 1.93. The minimum absolute atomic E-state index is 0.257. The van der Waals surface area contributed by atoms with E-state index in [0.29, 0.717) is 5.56 Å². The van der Waals surface area contributed by atoms with Crippen LogP contribution < -0.4 is 5.32 Å². The topological polar surface area (TPSA) is 145 Å². The summed E-state index contributed by atoms with van der Waals surface area (Å²) >= 11 is 0. The first kappa shape index (κ1) is 29.6. The number of carbonyl (C=O) groups is 3. The highest BCUT2D eigenvalue weighted by atomic mass is 19.4. The quantitative estimate of drug-likeness (QED) is 0.355. The Labute approximate surface area is 226 Å². The Morgan fingerprint density at radius 1 is 1.02 bits per heavy atom. The van der Waals surface area contributed by atoms with Gasteiger partial charge in [-0.05, 0) is 18.1 Å². The Morgan fingerprint density at radius 3 is 2.37 bits per heavy atom. The first-order valence-corrected chi connectivity index (χ1v) is 12.0. The van der Waals surface area contributed by atoms with Crippen LogP contribution in [0.15, 0.2) is 40.8 Å². The second-order valence-electron chi connectivity index (χ2n) is 9.04. The SMILES string of the molecule is O=C1CCCC(=O)c2nc(c(NC(=O)O)cc2C(F)(F)F)-c2nnc(o2)[C@@](OCc2ccccc2)(C(F)(F)F)CC1. The van der Waals surface area contributed by atoms with Crippen LogP contribution in [0.3, 0.4) is 0 Å². The molecule has 3 aromatic rings. The van der Waals surface area contributed by atoms with Crippen LogP contribution in [0, 0.1) is 0 Å². The lowest BCUT2D eigenvalue weighted by Gasteiger charge is -2.32. The molecule has 0 aliphatic carbocycles. The van der Waals surface area contributed by atoms with Gasteiger partial charge in [0, 0.05) is 25.7 Å². The molecule has 3 heterocycles. The molecule has 16 heteroatoms. The lowest BCUT2D eigenvalue weighted by Crippen LogP contribution is -2.45. The second-order valence-corrected chi connectivity index (χ2v) is 9.04. The molecule has 2 N–H and O–H groups in total. The average Bonchev–Trinajstić information content (AvgIpc) is 3.37. The molecule has 4 bridgehead atoms. The maximum atomic E-state index is 14.7. The van der Waals surface area contributed by atoms with E-state index in [1.165, 1.54) is 12.1 Å². The lowest BCUT2D eigenvalue weighted by atomic mass is 9.93. The van der Waals surface area contributed by atoms with Gasteiger partial charge in [-0.25, -0.2) is 9.78 Å². The molecule has 0 radical (unpaired) electrons. The Hall–Kier alpha value is -4.34. The highest BCUT2D eigenvalue weighted by Gasteiger charge is 2.61. The number of fused-ring (bicyclic) bond motifs is 5. The molecule has 0 spiro atoms. The first-order valence-electron chi connectivity index (χ1n) is 12.0. The molecule has 218 valence electrons. The van der Waals surface area contributed by atoms with Gasteiger partial charge in [0.2, 0.25) is 5.60 Å². The number of benzene rings is 1. The number of hydrogen-bond acceptors (Lipinski definition) is 8. The summed E-state index contributed by atoms with van der Waals surface area (Å²) in [4.78, 5) is 40.2. The molecular formula is C25H20F6N4O6. The summed E-state index contributed by atoms with van der Waals surface area (Å²) in [5.74, 6) is -3.97. The summed E-state index contributed by atoms with van der Waals surface area (Å²) in [5, 5.41) is 17.7. The monoisotopic (exact) mass is 586 g/mol. The van der Waals surface area contributed by atoms with E-state index in [2.05, 4.69) is 15.2 Å². The highest BCUT2D eigenvalue weighted by molar-refractivity contribution is 5.98. The Kier molecular flexibility index (Phi) is 8.15. The third-order valence-electron chi connectivity index (χ3n) is 6.21. The van der Waals surface area contributed by atoms with Crippen LogP contribution in [0.2, 0.25) is 0 Å². The number of pyridine rings is 1. The summed E-state index contributed by atoms with van der Waals surface area (Å²) in [6.07, 6.45) is -15.2. The predicted molar refractivity (Wildman–Crippen MR) is 126 cm³/mol. The van der Waals surface area contributed by atoms with Crippen molar-refractivity contribution in [1.82, 2.24) is 15.2 Å². The third-order valence-corrected chi connectivity index (χ3v) is 6.21. The number of carboxylic acid groups (broad SMARTS) is 1. The van der Waals surface area contributed by atoms with Gasteiger partial charge in [0.15, 0.2) is 11.5 Å². The number of nitrogens with zero attached hydrogens (tertiary/aromatic N) is 3. The number of carbonyl (C=O) groups excluding carboxylic acids is 2. The van der Waals surface area contributed by atoms with Crippen molar-refractivity contribution < 1.29 is 55.0 Å². The first-order chi connectivity index (χ1) is 19.2. The van der Waals surface area contributed by atoms with Crippen LogP contribution in [0.25, 0.3) is 11.6 Å². The van der Waals surface area contributed by atoms with E-state index in [1.807, 2.05) is 0 Å². The van der Waals surface area contributed by atoms with Gasteiger partial charge in [0.25, 0.3) is 11.8 Å². The largest absolute Gasteiger partial charge is 0.465 e. The number of ether oxygens (including phenoxy) is 1. The van der Waals surface area contributed by atoms with Crippen molar-refractivity contribution >= 4 is 23.3 Å². The minimum atomic E-state index is -5.24. The van der Waals surface area contributed by atoms with Gasteiger partial charge in [-0.3, -0.25) is 14.9 Å². The van der Waals surface area contributed by atoms with E-state index in [0.717, 1.165) is 0 Å². The molecule has 4 rings (SSSR count). The number of ketones is 2. The fraction of sp³-hybridized carbons (Fsp3) is 0.360. The van der Waals surface area contributed by atoms with Gasteiger partial charge in [0.1, 0.15) is 11.5 Å². The number of Topliss-reactive ketones (excluding diaryl/α,β-unsaturated/α-hetero) is 2. The molecule has 2 aromatic heterocycles. The second kappa shape index (κ2) is 11.3. The third kappa shape index (κ3) is 6.37. The number of aromatic nitrogens is 3. The molecule has 0 unspecified atom stereocenters. The van der Waals surface area contributed by atoms with Crippen LogP contribution in [-0.4, -0.2) is 44.1 Å². The zero-order valence-corrected chi connectivity index (χ0v) is 20.8. The number of anilines is 1. The molecule has 10 nitrogen and oxygen atoms in total. The summed E-state index contributed by atoms with van der Waals surface area (Å²) in [5.41, 5.74) is -7.45. The Bertz CT molecular complexity index is 1460. The molecule has 1 aliphatic rings. The smallest absolute Gasteiger partial charge is 0.426 e. The maximum absolute atomic E-state index is 14.7.